The monoisotopic (exact) mass is 692 g/mol. The van der Waals surface area contributed by atoms with Gasteiger partial charge in [-0.3, -0.25) is 9.78 Å². The van der Waals surface area contributed by atoms with Crippen LogP contribution in [0.1, 0.15) is 24.5 Å². The molecule has 0 unspecified atom stereocenters. The molecule has 44 heavy (non-hydrogen) atoms. The van der Waals surface area contributed by atoms with E-state index in [0.717, 1.165) is 51.6 Å². The third-order valence-corrected chi connectivity index (χ3v) is 9.73. The number of nitrogens with zero attached hydrogens (tertiary/aromatic N) is 5. The Hall–Kier alpha value is -3.00. The summed E-state index contributed by atoms with van der Waals surface area (Å²) in [6.45, 7) is 1.91. The zero-order chi connectivity index (χ0) is 29.1. The second kappa shape index (κ2) is 15.3. The summed E-state index contributed by atoms with van der Waals surface area (Å²) in [6.07, 6.45) is 5.39. The number of anilines is 2. The highest BCUT2D eigenvalue weighted by molar-refractivity contribution is 7.99. The van der Waals surface area contributed by atoms with E-state index in [-0.39, 0.29) is 36.5 Å². The Balaban J connectivity index is 0.00000221. The maximum Gasteiger partial charge on any atom is 0.236 e. The maximum absolute atomic E-state index is 13.6. The number of halogens is 3. The van der Waals surface area contributed by atoms with Crippen molar-refractivity contribution in [1.29, 1.82) is 0 Å². The van der Waals surface area contributed by atoms with Crippen molar-refractivity contribution in [3.8, 4) is 11.5 Å². The van der Waals surface area contributed by atoms with E-state index < -0.39 is 0 Å². The summed E-state index contributed by atoms with van der Waals surface area (Å²) in [5.41, 5.74) is 1.98. The number of likely N-dealkylation sites (N-methyl/N-ethyl adjacent to an activating group) is 1. The van der Waals surface area contributed by atoms with Crippen molar-refractivity contribution in [3.05, 3.63) is 77.1 Å². The lowest BCUT2D eigenvalue weighted by Crippen LogP contribution is -2.42. The van der Waals surface area contributed by atoms with Gasteiger partial charge in [0.25, 0.3) is 0 Å². The van der Waals surface area contributed by atoms with Crippen LogP contribution in [0.3, 0.4) is 0 Å². The largest absolute Gasteiger partial charge is 0.453 e. The van der Waals surface area contributed by atoms with Crippen LogP contribution in [0.15, 0.2) is 75.4 Å². The first-order valence-corrected chi connectivity index (χ1v) is 16.1. The Morgan fingerprint density at radius 2 is 1.89 bits per heavy atom. The van der Waals surface area contributed by atoms with Crippen molar-refractivity contribution in [2.24, 2.45) is 0 Å². The van der Waals surface area contributed by atoms with Crippen LogP contribution >= 0.6 is 59.2 Å². The van der Waals surface area contributed by atoms with E-state index in [1.165, 1.54) is 23.5 Å². The number of likely N-dealkylation sites (tertiary alicyclic amines) is 1. The van der Waals surface area contributed by atoms with Crippen LogP contribution in [0.5, 0.6) is 11.5 Å². The quantitative estimate of drug-likeness (QED) is 0.166. The van der Waals surface area contributed by atoms with E-state index in [1.54, 1.807) is 41.4 Å². The molecular formula is C30H31Cl2FN6O2S3. The third-order valence-electron chi connectivity index (χ3n) is 6.87. The molecule has 1 amide bonds. The highest BCUT2D eigenvalue weighted by Gasteiger charge is 2.26. The highest BCUT2D eigenvalue weighted by Crippen LogP contribution is 2.40. The molecule has 5 heterocycles. The summed E-state index contributed by atoms with van der Waals surface area (Å²) in [6, 6.07) is 11.8. The van der Waals surface area contributed by atoms with E-state index in [2.05, 4.69) is 15.7 Å². The van der Waals surface area contributed by atoms with Gasteiger partial charge >= 0.3 is 0 Å². The minimum atomic E-state index is -0.330. The molecule has 8 nitrogen and oxygen atoms in total. The van der Waals surface area contributed by atoms with Crippen LogP contribution < -0.4 is 10.1 Å². The molecule has 1 saturated heterocycles. The lowest BCUT2D eigenvalue weighted by Gasteiger charge is -2.32. The summed E-state index contributed by atoms with van der Waals surface area (Å²) in [5, 5.41) is 8.16. The molecule has 1 aromatic carbocycles. The Morgan fingerprint density at radius 1 is 1.11 bits per heavy atom. The molecule has 0 aliphatic carbocycles. The van der Waals surface area contributed by atoms with Crippen LogP contribution in [0.4, 0.5) is 15.3 Å². The zero-order valence-corrected chi connectivity index (χ0v) is 28.0. The smallest absolute Gasteiger partial charge is 0.236 e. The normalized spacial score (nSPS) is 13.4. The van der Waals surface area contributed by atoms with Gasteiger partial charge in [-0.15, -0.1) is 47.5 Å². The van der Waals surface area contributed by atoms with Crippen LogP contribution in [-0.2, 0) is 4.79 Å². The molecule has 1 aliphatic heterocycles. The first-order valence-electron chi connectivity index (χ1n) is 13.5. The fourth-order valence-corrected chi connectivity index (χ4v) is 7.44. The van der Waals surface area contributed by atoms with E-state index in [1.807, 2.05) is 53.7 Å². The van der Waals surface area contributed by atoms with Crippen LogP contribution in [-0.4, -0.2) is 64.4 Å². The summed E-state index contributed by atoms with van der Waals surface area (Å²) < 4.78 is 20.9. The lowest BCUT2D eigenvalue weighted by molar-refractivity contribution is -0.132. The molecular weight excluding hydrogens is 662 g/mol. The van der Waals surface area contributed by atoms with Gasteiger partial charge in [-0.2, -0.15) is 0 Å². The van der Waals surface area contributed by atoms with Crippen molar-refractivity contribution < 1.29 is 13.9 Å². The van der Waals surface area contributed by atoms with Crippen molar-refractivity contribution in [2.45, 2.75) is 28.6 Å². The molecule has 14 heteroatoms. The van der Waals surface area contributed by atoms with Gasteiger partial charge in [0, 0.05) is 52.6 Å². The molecule has 0 spiro atoms. The molecule has 0 atom stereocenters. The van der Waals surface area contributed by atoms with Crippen molar-refractivity contribution in [2.75, 3.05) is 39.0 Å². The molecule has 4 aromatic heterocycles. The van der Waals surface area contributed by atoms with Gasteiger partial charge in [0.1, 0.15) is 11.6 Å². The van der Waals surface area contributed by atoms with Crippen LogP contribution in [0.2, 0.25) is 0 Å². The lowest BCUT2D eigenvalue weighted by atomic mass is 9.94. The average molecular weight is 694 g/mol. The number of aromatic nitrogens is 3. The van der Waals surface area contributed by atoms with Gasteiger partial charge in [-0.05, 0) is 68.7 Å². The zero-order valence-electron chi connectivity index (χ0n) is 23.9. The number of thiazole rings is 1. The summed E-state index contributed by atoms with van der Waals surface area (Å²) in [5.74, 6) is 1.67. The number of ether oxygens (including phenoxy) is 1. The van der Waals surface area contributed by atoms with Crippen LogP contribution in [0, 0.1) is 5.82 Å². The number of benzene rings is 1. The predicted octanol–water partition coefficient (Wildman–Crippen LogP) is 8.09. The first-order chi connectivity index (χ1) is 20.4. The molecule has 0 saturated carbocycles. The molecule has 0 bridgehead atoms. The number of hydrogen-bond donors (Lipinski definition) is 1. The van der Waals surface area contributed by atoms with Gasteiger partial charge < -0.3 is 19.9 Å². The van der Waals surface area contributed by atoms with Gasteiger partial charge in [0.2, 0.25) is 5.91 Å². The Bertz CT molecular complexity index is 1690. The summed E-state index contributed by atoms with van der Waals surface area (Å²) in [4.78, 5) is 32.3. The minimum Gasteiger partial charge on any atom is -0.453 e. The fourth-order valence-electron chi connectivity index (χ4n) is 4.77. The van der Waals surface area contributed by atoms with Gasteiger partial charge in [0.05, 0.1) is 22.5 Å². The number of pyridine rings is 2. The Kier molecular flexibility index (Phi) is 11.8. The maximum atomic E-state index is 13.6. The average Bonchev–Trinajstić information content (AvgIpc) is 3.66. The molecule has 1 fully saturated rings. The molecule has 5 aromatic rings. The topological polar surface area (TPSA) is 83.5 Å². The second-order valence-electron chi connectivity index (χ2n) is 10.2. The predicted molar refractivity (Wildman–Crippen MR) is 181 cm³/mol. The number of piperidine rings is 1. The van der Waals surface area contributed by atoms with E-state index in [0.29, 0.717) is 34.9 Å². The van der Waals surface area contributed by atoms with E-state index >= 15 is 0 Å². The first kappa shape index (κ1) is 33.9. The number of fused-ring (bicyclic) bond motifs is 1. The standard InChI is InChI=1S/C30H29FN6O2S3.2ClH/c1-36(2)17-27(38)37-12-8-19(9-13-37)24-18-41-30(34-24)35-29-25(39-21-5-3-20(31)4-6-21)15-22(16-33-29)42-26-7-11-32-23-10-14-40-28(23)26;;/h3-7,10-11,14-16,18-19H,8-9,12-13,17H2,1-2H3,(H,33,34,35);2*1H. The summed E-state index contributed by atoms with van der Waals surface area (Å²) in [7, 11) is 3.82. The number of thiophene rings is 1. The number of rotatable bonds is 9. The number of carbonyl (C=O) groups is 1. The van der Waals surface area contributed by atoms with E-state index in [4.69, 9.17) is 14.7 Å². The number of nitrogens with one attached hydrogen (secondary N) is 1. The minimum absolute atomic E-state index is 0. The number of carbonyl (C=O) groups excluding carboxylic acids is 1. The van der Waals surface area contributed by atoms with Crippen molar-refractivity contribution >= 4 is 86.3 Å². The van der Waals surface area contributed by atoms with E-state index in [9.17, 15) is 9.18 Å². The second-order valence-corrected chi connectivity index (χ2v) is 13.1. The molecule has 232 valence electrons. The number of amides is 1. The Labute approximate surface area is 279 Å². The van der Waals surface area contributed by atoms with Gasteiger partial charge in [-0.1, -0.05) is 11.8 Å². The molecule has 6 rings (SSSR count). The highest BCUT2D eigenvalue weighted by atomic mass is 35.5. The fraction of sp³-hybridized carbons (Fsp3) is 0.267. The molecule has 1 aliphatic rings. The van der Waals surface area contributed by atoms with Crippen molar-refractivity contribution in [3.63, 3.8) is 0 Å². The van der Waals surface area contributed by atoms with Gasteiger partial charge in [-0.25, -0.2) is 14.4 Å². The van der Waals surface area contributed by atoms with Crippen molar-refractivity contribution in [1.82, 2.24) is 24.8 Å². The van der Waals surface area contributed by atoms with Gasteiger partial charge in [0.15, 0.2) is 16.7 Å². The summed E-state index contributed by atoms with van der Waals surface area (Å²) >= 11 is 4.76. The molecule has 0 radical (unpaired) electrons. The molecule has 1 N–H and O–H groups in total. The SMILES string of the molecule is CN(C)CC(=O)N1CCC(c2csc(Nc3ncc(Sc4ccnc5ccsc45)cc3Oc3ccc(F)cc3)n2)CC1.Cl.Cl. The third kappa shape index (κ3) is 8.17. The van der Waals surface area contributed by atoms with Crippen LogP contribution in [0.25, 0.3) is 10.2 Å². The Morgan fingerprint density at radius 3 is 2.64 bits per heavy atom. The number of hydrogen-bond acceptors (Lipinski definition) is 10.